The van der Waals surface area contributed by atoms with Gasteiger partial charge in [0.15, 0.2) is 0 Å². The number of aromatic amines is 1. The van der Waals surface area contributed by atoms with Gasteiger partial charge in [-0.15, -0.1) is 13.2 Å². The summed E-state index contributed by atoms with van der Waals surface area (Å²) in [6.45, 7) is 0.789. The monoisotopic (exact) mass is 455 g/mol. The van der Waals surface area contributed by atoms with Crippen LogP contribution in [0.15, 0.2) is 66.9 Å². The molecule has 5 rings (SSSR count). The number of amides is 2. The number of aromatic nitrogens is 1. The van der Waals surface area contributed by atoms with Crippen LogP contribution < -0.4 is 10.1 Å². The first kappa shape index (κ1) is 20.9. The van der Waals surface area contributed by atoms with Crippen LogP contribution in [-0.2, 0) is 13.1 Å². The van der Waals surface area contributed by atoms with Crippen LogP contribution in [0, 0.1) is 5.82 Å². The third-order valence-corrected chi connectivity index (χ3v) is 5.52. The number of benzene rings is 3. The molecule has 0 saturated heterocycles. The van der Waals surface area contributed by atoms with Crippen LogP contribution in [0.5, 0.6) is 5.75 Å². The number of urea groups is 1. The summed E-state index contributed by atoms with van der Waals surface area (Å²) >= 11 is 0. The van der Waals surface area contributed by atoms with E-state index in [2.05, 4.69) is 15.0 Å². The number of carbonyl (C=O) groups is 1. The molecular weight excluding hydrogens is 438 g/mol. The summed E-state index contributed by atoms with van der Waals surface area (Å²) in [4.78, 5) is 17.4. The summed E-state index contributed by atoms with van der Waals surface area (Å²) in [6.07, 6.45) is -3.12. The third-order valence-electron chi connectivity index (χ3n) is 5.52. The highest BCUT2D eigenvalue weighted by Gasteiger charge is 2.31. The molecule has 0 radical (unpaired) electrons. The number of nitrogens with zero attached hydrogens (tertiary/aromatic N) is 1. The maximum atomic E-state index is 13.6. The predicted octanol–water partition coefficient (Wildman–Crippen LogP) is 6.42. The molecule has 2 N–H and O–H groups in total. The van der Waals surface area contributed by atoms with Crippen LogP contribution in [0.4, 0.5) is 28.0 Å². The smallest absolute Gasteiger partial charge is 0.406 e. The number of hydrogen-bond donors (Lipinski definition) is 2. The number of carbonyl (C=O) groups excluding carboxylic acids is 1. The molecular formula is C24H17F4N3O2. The number of alkyl halides is 3. The standard InChI is InChI=1S/C24H17F4N3O2/c25-18-5-8-21-20(10-18)22(11-29-21)30-23(32)31-12-16-2-1-15(9-17(16)13-31)14-3-6-19(7-4-14)33-24(26,27)28/h1-11,29H,12-13H2,(H,30,32). The number of nitrogens with one attached hydrogen (secondary N) is 2. The van der Waals surface area contributed by atoms with Gasteiger partial charge in [0.05, 0.1) is 5.69 Å². The molecule has 0 spiro atoms. The van der Waals surface area contributed by atoms with Crippen LogP contribution in [0.25, 0.3) is 22.0 Å². The first-order chi connectivity index (χ1) is 15.7. The van der Waals surface area contributed by atoms with Crippen molar-refractivity contribution in [2.24, 2.45) is 0 Å². The first-order valence-electron chi connectivity index (χ1n) is 10.1. The van der Waals surface area contributed by atoms with Gasteiger partial charge in [-0.25, -0.2) is 9.18 Å². The van der Waals surface area contributed by atoms with Gasteiger partial charge in [0.1, 0.15) is 11.6 Å². The normalized spacial score (nSPS) is 13.3. The van der Waals surface area contributed by atoms with Crippen molar-refractivity contribution in [3.63, 3.8) is 0 Å². The van der Waals surface area contributed by atoms with E-state index >= 15 is 0 Å². The van der Waals surface area contributed by atoms with Crippen molar-refractivity contribution in [1.29, 1.82) is 0 Å². The second kappa shape index (κ2) is 7.84. The number of fused-ring (bicyclic) bond motifs is 2. The number of halogens is 4. The Labute approximate surface area is 185 Å². The van der Waals surface area contributed by atoms with Crippen LogP contribution in [0.3, 0.4) is 0 Å². The molecule has 1 aliphatic heterocycles. The maximum absolute atomic E-state index is 13.6. The lowest BCUT2D eigenvalue weighted by molar-refractivity contribution is -0.274. The minimum atomic E-state index is -4.74. The first-order valence-corrected chi connectivity index (χ1v) is 10.1. The Balaban J connectivity index is 1.30. The maximum Gasteiger partial charge on any atom is 0.573 e. The largest absolute Gasteiger partial charge is 0.573 e. The van der Waals surface area contributed by atoms with Crippen molar-refractivity contribution in [3.8, 4) is 16.9 Å². The number of hydrogen-bond acceptors (Lipinski definition) is 2. The van der Waals surface area contributed by atoms with Crippen molar-refractivity contribution in [2.45, 2.75) is 19.5 Å². The zero-order chi connectivity index (χ0) is 23.2. The summed E-state index contributed by atoms with van der Waals surface area (Å²) in [7, 11) is 0. The van der Waals surface area contributed by atoms with E-state index in [9.17, 15) is 22.4 Å². The van der Waals surface area contributed by atoms with Crippen molar-refractivity contribution in [2.75, 3.05) is 5.32 Å². The SMILES string of the molecule is O=C(Nc1c[nH]c2ccc(F)cc12)N1Cc2ccc(-c3ccc(OC(F)(F)F)cc3)cc2C1. The Hall–Kier alpha value is -4.01. The van der Waals surface area contributed by atoms with E-state index in [1.165, 1.54) is 24.3 Å². The molecule has 33 heavy (non-hydrogen) atoms. The fourth-order valence-corrected chi connectivity index (χ4v) is 3.96. The summed E-state index contributed by atoms with van der Waals surface area (Å²) < 4.78 is 54.6. The van der Waals surface area contributed by atoms with E-state index in [1.54, 1.807) is 29.3 Å². The lowest BCUT2D eigenvalue weighted by Crippen LogP contribution is -2.30. The molecule has 168 valence electrons. The minimum Gasteiger partial charge on any atom is -0.406 e. The molecule has 0 atom stereocenters. The zero-order valence-electron chi connectivity index (χ0n) is 17.0. The summed E-state index contributed by atoms with van der Waals surface area (Å²) in [5.74, 6) is -0.677. The van der Waals surface area contributed by atoms with Gasteiger partial charge < -0.3 is 19.9 Å². The number of H-pyrrole nitrogens is 1. The molecule has 3 aromatic carbocycles. The predicted molar refractivity (Wildman–Crippen MR) is 115 cm³/mol. The average molecular weight is 455 g/mol. The Morgan fingerprint density at radius 2 is 1.67 bits per heavy atom. The van der Waals surface area contributed by atoms with Crippen molar-refractivity contribution in [1.82, 2.24) is 9.88 Å². The van der Waals surface area contributed by atoms with Gasteiger partial charge in [0.25, 0.3) is 0 Å². The fraction of sp³-hybridized carbons (Fsp3) is 0.125. The van der Waals surface area contributed by atoms with Crippen LogP contribution >= 0.6 is 0 Å². The average Bonchev–Trinajstić information content (AvgIpc) is 3.37. The number of anilines is 1. The molecule has 9 heteroatoms. The van der Waals surface area contributed by atoms with Gasteiger partial charge in [-0.3, -0.25) is 0 Å². The Morgan fingerprint density at radius 3 is 2.42 bits per heavy atom. The van der Waals surface area contributed by atoms with Crippen LogP contribution in [0.1, 0.15) is 11.1 Å². The van der Waals surface area contributed by atoms with Crippen molar-refractivity contribution < 1.29 is 27.1 Å². The molecule has 0 unspecified atom stereocenters. The van der Waals surface area contributed by atoms with E-state index in [0.717, 1.165) is 22.3 Å². The molecule has 0 saturated carbocycles. The van der Waals surface area contributed by atoms with Gasteiger partial charge in [-0.05, 0) is 58.7 Å². The molecule has 4 aromatic rings. The van der Waals surface area contributed by atoms with Crippen LogP contribution in [0.2, 0.25) is 0 Å². The van der Waals surface area contributed by atoms with E-state index < -0.39 is 12.2 Å². The molecule has 5 nitrogen and oxygen atoms in total. The summed E-state index contributed by atoms with van der Waals surface area (Å²) in [5.41, 5.74) is 4.69. The van der Waals surface area contributed by atoms with Gasteiger partial charge in [0.2, 0.25) is 0 Å². The molecule has 1 aliphatic rings. The van der Waals surface area contributed by atoms with E-state index in [0.29, 0.717) is 29.7 Å². The van der Waals surface area contributed by atoms with E-state index in [4.69, 9.17) is 0 Å². The highest BCUT2D eigenvalue weighted by molar-refractivity contribution is 6.01. The summed E-state index contributed by atoms with van der Waals surface area (Å²) in [5, 5.41) is 3.41. The highest BCUT2D eigenvalue weighted by Crippen LogP contribution is 2.31. The van der Waals surface area contributed by atoms with Crippen molar-refractivity contribution in [3.05, 3.63) is 83.8 Å². The highest BCUT2D eigenvalue weighted by atomic mass is 19.4. The van der Waals surface area contributed by atoms with Gasteiger partial charge in [0, 0.05) is 30.2 Å². The topological polar surface area (TPSA) is 57.4 Å². The Bertz CT molecular complexity index is 1350. The van der Waals surface area contributed by atoms with Crippen LogP contribution in [-0.4, -0.2) is 22.3 Å². The molecule has 0 bridgehead atoms. The number of ether oxygens (including phenoxy) is 1. The van der Waals surface area contributed by atoms with E-state index in [-0.39, 0.29) is 11.8 Å². The van der Waals surface area contributed by atoms with Gasteiger partial charge >= 0.3 is 12.4 Å². The second-order valence-corrected chi connectivity index (χ2v) is 7.73. The quantitative estimate of drug-likeness (QED) is 0.350. The van der Waals surface area contributed by atoms with E-state index in [1.807, 2.05) is 18.2 Å². The summed E-state index contributed by atoms with van der Waals surface area (Å²) in [6, 6.07) is 15.3. The molecule has 2 amide bonds. The fourth-order valence-electron chi connectivity index (χ4n) is 3.96. The van der Waals surface area contributed by atoms with Gasteiger partial charge in [-0.2, -0.15) is 0 Å². The van der Waals surface area contributed by atoms with Crippen molar-refractivity contribution >= 4 is 22.6 Å². The molecule has 0 fully saturated rings. The molecule has 1 aromatic heterocycles. The Kier molecular flexibility index (Phi) is 4.96. The molecule has 0 aliphatic carbocycles. The lowest BCUT2D eigenvalue weighted by atomic mass is 10.0. The number of rotatable bonds is 3. The minimum absolute atomic E-state index is 0.285. The van der Waals surface area contributed by atoms with Gasteiger partial charge in [-0.1, -0.05) is 24.3 Å². The lowest BCUT2D eigenvalue weighted by Gasteiger charge is -2.16. The zero-order valence-corrected chi connectivity index (χ0v) is 17.0. The molecule has 2 heterocycles. The Morgan fingerprint density at radius 1 is 0.939 bits per heavy atom. The second-order valence-electron chi connectivity index (χ2n) is 7.73. The third kappa shape index (κ3) is 4.34.